The van der Waals surface area contributed by atoms with Crippen molar-refractivity contribution in [2.24, 2.45) is 0 Å². The zero-order valence-corrected chi connectivity index (χ0v) is 13.8. The number of hydrogen-bond acceptors (Lipinski definition) is 3. The number of methoxy groups -OCH3 is 1. The molecule has 2 aromatic heterocycles. The lowest BCUT2D eigenvalue weighted by Crippen LogP contribution is -2.22. The minimum absolute atomic E-state index is 0.0129. The molecular weight excluding hydrogens is 302 g/mol. The SMILES string of the molecule is COc1ccc2c(n1)c(CCNC(C)=O)c1n2Cc2ccccc2-1. The molecule has 0 atom stereocenters. The second kappa shape index (κ2) is 5.67. The lowest BCUT2D eigenvalue weighted by molar-refractivity contribution is -0.118. The molecule has 0 saturated heterocycles. The van der Waals surface area contributed by atoms with Crippen LogP contribution in [0, 0.1) is 0 Å². The Balaban J connectivity index is 1.89. The maximum atomic E-state index is 11.2. The first kappa shape index (κ1) is 14.8. The fourth-order valence-electron chi connectivity index (χ4n) is 3.52. The fraction of sp³-hybridized carbons (Fsp3) is 0.263. The van der Waals surface area contributed by atoms with Gasteiger partial charge in [-0.15, -0.1) is 0 Å². The van der Waals surface area contributed by atoms with Gasteiger partial charge in [0.25, 0.3) is 0 Å². The molecule has 0 aliphatic carbocycles. The number of nitrogens with zero attached hydrogens (tertiary/aromatic N) is 2. The molecule has 1 aromatic carbocycles. The Bertz CT molecular complexity index is 943. The number of amides is 1. The van der Waals surface area contributed by atoms with Crippen molar-refractivity contribution in [3.63, 3.8) is 0 Å². The fourth-order valence-corrected chi connectivity index (χ4v) is 3.52. The van der Waals surface area contributed by atoms with Gasteiger partial charge in [0.05, 0.1) is 23.8 Å². The molecule has 5 heteroatoms. The quantitative estimate of drug-likeness (QED) is 0.629. The minimum atomic E-state index is -0.0129. The van der Waals surface area contributed by atoms with Crippen LogP contribution in [0.3, 0.4) is 0 Å². The van der Waals surface area contributed by atoms with Crippen molar-refractivity contribution in [2.75, 3.05) is 13.7 Å². The van der Waals surface area contributed by atoms with E-state index in [2.05, 4.69) is 45.2 Å². The van der Waals surface area contributed by atoms with E-state index < -0.39 is 0 Å². The molecule has 0 spiro atoms. The highest BCUT2D eigenvalue weighted by Gasteiger charge is 2.26. The molecule has 5 nitrogen and oxygen atoms in total. The number of rotatable bonds is 4. The highest BCUT2D eigenvalue weighted by molar-refractivity contribution is 5.92. The lowest BCUT2D eigenvalue weighted by atomic mass is 10.0. The van der Waals surface area contributed by atoms with Crippen LogP contribution in [0.25, 0.3) is 22.3 Å². The second-order valence-electron chi connectivity index (χ2n) is 6.02. The molecule has 1 N–H and O–H groups in total. The summed E-state index contributed by atoms with van der Waals surface area (Å²) in [6.07, 6.45) is 0.743. The van der Waals surface area contributed by atoms with Gasteiger partial charge in [0.15, 0.2) is 0 Å². The van der Waals surface area contributed by atoms with Gasteiger partial charge in [0.2, 0.25) is 11.8 Å². The van der Waals surface area contributed by atoms with Gasteiger partial charge in [-0.3, -0.25) is 4.79 Å². The summed E-state index contributed by atoms with van der Waals surface area (Å²) in [6, 6.07) is 12.4. The summed E-state index contributed by atoms with van der Waals surface area (Å²) in [4.78, 5) is 15.9. The van der Waals surface area contributed by atoms with Gasteiger partial charge in [-0.05, 0) is 18.1 Å². The number of benzene rings is 1. The Morgan fingerprint density at radius 2 is 2.12 bits per heavy atom. The van der Waals surface area contributed by atoms with Crippen LogP contribution in [0.1, 0.15) is 18.1 Å². The van der Waals surface area contributed by atoms with E-state index in [1.807, 2.05) is 6.07 Å². The summed E-state index contributed by atoms with van der Waals surface area (Å²) in [5.74, 6) is 0.599. The van der Waals surface area contributed by atoms with Crippen molar-refractivity contribution >= 4 is 16.9 Å². The Hall–Kier alpha value is -2.82. The standard InChI is InChI=1S/C19H19N3O2/c1-12(23)20-10-9-15-18-16(7-8-17(21-18)24-2)22-11-13-5-3-4-6-14(13)19(15)22/h3-8H,9-11H2,1-2H3,(H,20,23). The van der Waals surface area contributed by atoms with Crippen molar-refractivity contribution in [3.8, 4) is 17.1 Å². The number of hydrogen-bond donors (Lipinski definition) is 1. The van der Waals surface area contributed by atoms with Gasteiger partial charge in [0.1, 0.15) is 0 Å². The van der Waals surface area contributed by atoms with Crippen LogP contribution in [-0.4, -0.2) is 29.1 Å². The summed E-state index contributed by atoms with van der Waals surface area (Å²) in [7, 11) is 1.63. The van der Waals surface area contributed by atoms with Gasteiger partial charge in [-0.2, -0.15) is 0 Å². The van der Waals surface area contributed by atoms with Crippen LogP contribution >= 0.6 is 0 Å². The molecule has 1 aliphatic heterocycles. The highest BCUT2D eigenvalue weighted by Crippen LogP contribution is 2.40. The summed E-state index contributed by atoms with van der Waals surface area (Å²) < 4.78 is 7.62. The molecule has 1 aliphatic rings. The van der Waals surface area contributed by atoms with Crippen LogP contribution in [-0.2, 0) is 17.8 Å². The van der Waals surface area contributed by atoms with E-state index in [9.17, 15) is 4.79 Å². The predicted octanol–water partition coefficient (Wildman–Crippen LogP) is 2.75. The number of pyridine rings is 1. The van der Waals surface area contributed by atoms with Gasteiger partial charge in [0, 0.05) is 37.2 Å². The Morgan fingerprint density at radius 1 is 1.29 bits per heavy atom. The molecule has 122 valence electrons. The van der Waals surface area contributed by atoms with E-state index in [0.717, 1.165) is 24.0 Å². The van der Waals surface area contributed by atoms with Gasteiger partial charge in [-0.25, -0.2) is 4.98 Å². The summed E-state index contributed by atoms with van der Waals surface area (Å²) in [6.45, 7) is 3.00. The first-order valence-electron chi connectivity index (χ1n) is 8.08. The first-order chi connectivity index (χ1) is 11.7. The van der Waals surface area contributed by atoms with E-state index in [1.54, 1.807) is 14.0 Å². The molecule has 0 bridgehead atoms. The third-order valence-electron chi connectivity index (χ3n) is 4.54. The van der Waals surface area contributed by atoms with Gasteiger partial charge in [-0.1, -0.05) is 24.3 Å². The highest BCUT2D eigenvalue weighted by atomic mass is 16.5. The van der Waals surface area contributed by atoms with Crippen LogP contribution in [0.4, 0.5) is 0 Å². The Kier molecular flexibility index (Phi) is 3.49. The molecule has 4 rings (SSSR count). The lowest BCUT2D eigenvalue weighted by Gasteiger charge is -2.06. The number of carbonyl (C=O) groups is 1. The van der Waals surface area contributed by atoms with Crippen molar-refractivity contribution in [1.29, 1.82) is 0 Å². The van der Waals surface area contributed by atoms with Crippen molar-refractivity contribution < 1.29 is 9.53 Å². The normalized spacial score (nSPS) is 12.1. The largest absolute Gasteiger partial charge is 0.481 e. The predicted molar refractivity (Wildman–Crippen MR) is 93.2 cm³/mol. The van der Waals surface area contributed by atoms with E-state index in [0.29, 0.717) is 12.4 Å². The average molecular weight is 321 g/mol. The molecule has 3 heterocycles. The van der Waals surface area contributed by atoms with E-state index >= 15 is 0 Å². The summed E-state index contributed by atoms with van der Waals surface area (Å²) in [5, 5.41) is 2.89. The van der Waals surface area contributed by atoms with Crippen molar-refractivity contribution in [3.05, 3.63) is 47.5 Å². The van der Waals surface area contributed by atoms with Crippen molar-refractivity contribution in [2.45, 2.75) is 19.9 Å². The molecule has 0 fully saturated rings. The van der Waals surface area contributed by atoms with Crippen LogP contribution < -0.4 is 10.1 Å². The molecule has 1 amide bonds. The Labute approximate surface area is 140 Å². The maximum Gasteiger partial charge on any atom is 0.216 e. The van der Waals surface area contributed by atoms with Crippen molar-refractivity contribution in [1.82, 2.24) is 14.9 Å². The van der Waals surface area contributed by atoms with E-state index in [1.165, 1.54) is 22.4 Å². The van der Waals surface area contributed by atoms with Crippen LogP contribution in [0.15, 0.2) is 36.4 Å². The third kappa shape index (κ3) is 2.24. The molecule has 0 unspecified atom stereocenters. The number of fused-ring (bicyclic) bond motifs is 5. The monoisotopic (exact) mass is 321 g/mol. The summed E-state index contributed by atoms with van der Waals surface area (Å²) >= 11 is 0. The number of nitrogens with one attached hydrogen (secondary N) is 1. The maximum absolute atomic E-state index is 11.2. The Morgan fingerprint density at radius 3 is 2.92 bits per heavy atom. The minimum Gasteiger partial charge on any atom is -0.481 e. The van der Waals surface area contributed by atoms with E-state index in [-0.39, 0.29) is 5.91 Å². The topological polar surface area (TPSA) is 56.1 Å². The third-order valence-corrected chi connectivity index (χ3v) is 4.54. The number of ether oxygens (including phenoxy) is 1. The van der Waals surface area contributed by atoms with Crippen LogP contribution in [0.2, 0.25) is 0 Å². The molecule has 24 heavy (non-hydrogen) atoms. The molecule has 0 radical (unpaired) electrons. The van der Waals surface area contributed by atoms with Gasteiger partial charge < -0.3 is 14.6 Å². The average Bonchev–Trinajstić information content (AvgIpc) is 3.10. The van der Waals surface area contributed by atoms with Crippen LogP contribution in [0.5, 0.6) is 5.88 Å². The molecular formula is C19H19N3O2. The van der Waals surface area contributed by atoms with Gasteiger partial charge >= 0.3 is 0 Å². The zero-order valence-electron chi connectivity index (χ0n) is 13.8. The van der Waals surface area contributed by atoms with E-state index in [4.69, 9.17) is 4.74 Å². The zero-order chi connectivity index (χ0) is 16.7. The second-order valence-corrected chi connectivity index (χ2v) is 6.02. The smallest absolute Gasteiger partial charge is 0.216 e. The molecule has 3 aromatic rings. The summed E-state index contributed by atoms with van der Waals surface area (Å²) in [5.41, 5.74) is 7.04. The molecule has 0 saturated carbocycles. The first-order valence-corrected chi connectivity index (χ1v) is 8.08. The number of aromatic nitrogens is 2. The number of carbonyl (C=O) groups excluding carboxylic acids is 1.